The summed E-state index contributed by atoms with van der Waals surface area (Å²) in [5.41, 5.74) is 4.39. The van der Waals surface area contributed by atoms with Crippen LogP contribution in [0.3, 0.4) is 0 Å². The van der Waals surface area contributed by atoms with Crippen molar-refractivity contribution in [3.63, 3.8) is 0 Å². The van der Waals surface area contributed by atoms with Crippen LogP contribution in [0.4, 0.5) is 0 Å². The maximum Gasteiger partial charge on any atom is 0.147 e. The van der Waals surface area contributed by atoms with E-state index in [-0.39, 0.29) is 0 Å². The zero-order chi connectivity index (χ0) is 14.7. The highest BCUT2D eigenvalue weighted by Crippen LogP contribution is 2.27. The molecule has 0 atom stereocenters. The number of imidazole rings is 1. The maximum absolute atomic E-state index is 5.97. The molecule has 0 spiro atoms. The first-order valence-electron chi connectivity index (χ1n) is 7.43. The smallest absolute Gasteiger partial charge is 0.147 e. The number of nitrogens with one attached hydrogen (secondary N) is 1. The van der Waals surface area contributed by atoms with E-state index < -0.39 is 0 Å². The summed E-state index contributed by atoms with van der Waals surface area (Å²) in [7, 11) is 0. The molecule has 1 aromatic heterocycles. The summed E-state index contributed by atoms with van der Waals surface area (Å²) in [6.45, 7) is 4.82. The van der Waals surface area contributed by atoms with E-state index in [2.05, 4.69) is 37.0 Å². The molecule has 0 aliphatic rings. The topological polar surface area (TPSA) is 37.9 Å². The summed E-state index contributed by atoms with van der Waals surface area (Å²) in [5, 5.41) is 0. The van der Waals surface area contributed by atoms with Gasteiger partial charge < -0.3 is 9.72 Å². The highest BCUT2D eigenvalue weighted by Gasteiger charge is 2.10. The molecule has 1 N–H and O–H groups in total. The Bertz CT molecular complexity index is 732. The van der Waals surface area contributed by atoms with Crippen molar-refractivity contribution < 1.29 is 4.74 Å². The molecule has 3 rings (SSSR count). The molecular weight excluding hydrogens is 260 g/mol. The van der Waals surface area contributed by atoms with E-state index in [1.165, 1.54) is 5.56 Å². The summed E-state index contributed by atoms with van der Waals surface area (Å²) in [6.07, 6.45) is 2.05. The highest BCUT2D eigenvalue weighted by atomic mass is 16.5. The lowest BCUT2D eigenvalue weighted by Gasteiger charge is -2.07. The summed E-state index contributed by atoms with van der Waals surface area (Å²) < 4.78 is 5.97. The highest BCUT2D eigenvalue weighted by molar-refractivity contribution is 5.84. The number of rotatable bonds is 5. The summed E-state index contributed by atoms with van der Waals surface area (Å²) in [4.78, 5) is 8.11. The van der Waals surface area contributed by atoms with E-state index in [4.69, 9.17) is 9.72 Å². The van der Waals surface area contributed by atoms with E-state index in [9.17, 15) is 0 Å². The first-order chi connectivity index (χ1) is 10.3. The van der Waals surface area contributed by atoms with Gasteiger partial charge in [0.15, 0.2) is 0 Å². The SMILES string of the molecule is CCCc1nc2c(OCc3ccccc3)ccc(C)c2[nH]1. The van der Waals surface area contributed by atoms with E-state index >= 15 is 0 Å². The molecular formula is C18H20N2O. The Kier molecular flexibility index (Phi) is 3.91. The van der Waals surface area contributed by atoms with Crippen molar-refractivity contribution in [3.8, 4) is 5.75 Å². The Morgan fingerprint density at radius 1 is 1.10 bits per heavy atom. The molecule has 0 amide bonds. The molecule has 3 nitrogen and oxygen atoms in total. The monoisotopic (exact) mass is 280 g/mol. The second-order valence-electron chi connectivity index (χ2n) is 5.31. The van der Waals surface area contributed by atoms with Crippen molar-refractivity contribution in [1.29, 1.82) is 0 Å². The fourth-order valence-corrected chi connectivity index (χ4v) is 2.46. The van der Waals surface area contributed by atoms with Gasteiger partial charge in [-0.2, -0.15) is 0 Å². The molecule has 108 valence electrons. The van der Waals surface area contributed by atoms with Gasteiger partial charge in [-0.15, -0.1) is 0 Å². The Morgan fingerprint density at radius 2 is 1.90 bits per heavy atom. The van der Waals surface area contributed by atoms with Crippen LogP contribution in [0, 0.1) is 6.92 Å². The summed E-state index contributed by atoms with van der Waals surface area (Å²) in [6, 6.07) is 14.3. The third kappa shape index (κ3) is 2.92. The number of benzene rings is 2. The van der Waals surface area contributed by atoms with Crippen LogP contribution < -0.4 is 4.74 Å². The first-order valence-corrected chi connectivity index (χ1v) is 7.43. The summed E-state index contributed by atoms with van der Waals surface area (Å²) in [5.74, 6) is 1.88. The number of fused-ring (bicyclic) bond motifs is 1. The maximum atomic E-state index is 5.97. The minimum absolute atomic E-state index is 0.564. The molecule has 3 heteroatoms. The van der Waals surface area contributed by atoms with Crippen LogP contribution in [0.1, 0.15) is 30.3 Å². The van der Waals surface area contributed by atoms with Crippen molar-refractivity contribution in [2.24, 2.45) is 0 Å². The van der Waals surface area contributed by atoms with Crippen molar-refractivity contribution in [1.82, 2.24) is 9.97 Å². The van der Waals surface area contributed by atoms with Gasteiger partial charge in [0.25, 0.3) is 0 Å². The number of nitrogens with zero attached hydrogens (tertiary/aromatic N) is 1. The van der Waals surface area contributed by atoms with Crippen LogP contribution in [0.5, 0.6) is 5.75 Å². The van der Waals surface area contributed by atoms with Crippen LogP contribution in [0.15, 0.2) is 42.5 Å². The molecule has 0 saturated carbocycles. The minimum Gasteiger partial charge on any atom is -0.487 e. The van der Waals surface area contributed by atoms with Gasteiger partial charge in [-0.25, -0.2) is 4.98 Å². The van der Waals surface area contributed by atoms with Gasteiger partial charge >= 0.3 is 0 Å². The lowest BCUT2D eigenvalue weighted by atomic mass is 10.2. The van der Waals surface area contributed by atoms with Crippen LogP contribution in [-0.4, -0.2) is 9.97 Å². The van der Waals surface area contributed by atoms with Crippen molar-refractivity contribution in [3.05, 3.63) is 59.4 Å². The van der Waals surface area contributed by atoms with Gasteiger partial charge in [0.2, 0.25) is 0 Å². The summed E-state index contributed by atoms with van der Waals surface area (Å²) >= 11 is 0. The van der Waals surface area contributed by atoms with Crippen LogP contribution in [-0.2, 0) is 13.0 Å². The average Bonchev–Trinajstić information content (AvgIpc) is 2.93. The Labute approximate surface area is 125 Å². The molecule has 0 aliphatic carbocycles. The largest absolute Gasteiger partial charge is 0.487 e. The third-order valence-corrected chi connectivity index (χ3v) is 3.59. The fourth-order valence-electron chi connectivity index (χ4n) is 2.46. The Hall–Kier alpha value is -2.29. The first kappa shape index (κ1) is 13.7. The molecule has 0 fully saturated rings. The van der Waals surface area contributed by atoms with Gasteiger partial charge in [-0.1, -0.05) is 43.3 Å². The zero-order valence-corrected chi connectivity index (χ0v) is 12.5. The number of hydrogen-bond acceptors (Lipinski definition) is 2. The van der Waals surface area contributed by atoms with Crippen molar-refractivity contribution in [2.75, 3.05) is 0 Å². The van der Waals surface area contributed by atoms with E-state index in [0.717, 1.165) is 41.0 Å². The van der Waals surface area contributed by atoms with Gasteiger partial charge in [-0.05, 0) is 30.5 Å². The second-order valence-corrected chi connectivity index (χ2v) is 5.31. The normalized spacial score (nSPS) is 11.0. The van der Waals surface area contributed by atoms with Crippen molar-refractivity contribution >= 4 is 11.0 Å². The number of ether oxygens (including phenoxy) is 1. The lowest BCUT2D eigenvalue weighted by molar-refractivity contribution is 0.309. The molecule has 21 heavy (non-hydrogen) atoms. The second kappa shape index (κ2) is 6.00. The molecule has 0 bridgehead atoms. The number of aromatic nitrogens is 2. The number of H-pyrrole nitrogens is 1. The zero-order valence-electron chi connectivity index (χ0n) is 12.5. The quantitative estimate of drug-likeness (QED) is 0.752. The third-order valence-electron chi connectivity index (χ3n) is 3.59. The minimum atomic E-state index is 0.564. The number of aryl methyl sites for hydroxylation is 2. The van der Waals surface area contributed by atoms with Gasteiger partial charge in [0, 0.05) is 6.42 Å². The van der Waals surface area contributed by atoms with Crippen molar-refractivity contribution in [2.45, 2.75) is 33.3 Å². The van der Waals surface area contributed by atoms with Crippen LogP contribution >= 0.6 is 0 Å². The Balaban J connectivity index is 1.89. The number of hydrogen-bond donors (Lipinski definition) is 1. The van der Waals surface area contributed by atoms with Gasteiger partial charge in [0.05, 0.1) is 5.52 Å². The molecule has 0 radical (unpaired) electrons. The molecule has 3 aromatic rings. The standard InChI is InChI=1S/C18H20N2O/c1-3-7-16-19-17-13(2)10-11-15(18(17)20-16)21-12-14-8-5-4-6-9-14/h4-6,8-11H,3,7,12H2,1-2H3,(H,19,20). The van der Waals surface area contributed by atoms with E-state index in [1.807, 2.05) is 24.3 Å². The average molecular weight is 280 g/mol. The van der Waals surface area contributed by atoms with Crippen LogP contribution in [0.2, 0.25) is 0 Å². The molecule has 0 saturated heterocycles. The van der Waals surface area contributed by atoms with E-state index in [1.54, 1.807) is 0 Å². The number of aromatic amines is 1. The van der Waals surface area contributed by atoms with Crippen LogP contribution in [0.25, 0.3) is 11.0 Å². The van der Waals surface area contributed by atoms with Gasteiger partial charge in [0.1, 0.15) is 23.7 Å². The molecule has 1 heterocycles. The van der Waals surface area contributed by atoms with E-state index in [0.29, 0.717) is 6.61 Å². The Morgan fingerprint density at radius 3 is 2.67 bits per heavy atom. The fraction of sp³-hybridized carbons (Fsp3) is 0.278. The molecule has 2 aromatic carbocycles. The lowest BCUT2D eigenvalue weighted by Crippen LogP contribution is -1.96. The molecule has 0 unspecified atom stereocenters. The predicted molar refractivity (Wildman–Crippen MR) is 85.6 cm³/mol. The van der Waals surface area contributed by atoms with Gasteiger partial charge in [-0.3, -0.25) is 0 Å². The molecule has 0 aliphatic heterocycles. The predicted octanol–water partition coefficient (Wildman–Crippen LogP) is 4.40.